The van der Waals surface area contributed by atoms with Crippen LogP contribution in [0.25, 0.3) is 10.9 Å². The highest BCUT2D eigenvalue weighted by Gasteiger charge is 2.47. The number of aromatic amines is 1. The van der Waals surface area contributed by atoms with E-state index in [2.05, 4.69) is 39.5 Å². The van der Waals surface area contributed by atoms with Crippen molar-refractivity contribution >= 4 is 28.7 Å². The summed E-state index contributed by atoms with van der Waals surface area (Å²) in [4.78, 5) is 61.7. The van der Waals surface area contributed by atoms with Crippen molar-refractivity contribution in [1.29, 1.82) is 0 Å². The number of benzene rings is 6. The molecule has 10 rings (SSSR count). The van der Waals surface area contributed by atoms with E-state index in [9.17, 15) is 34.5 Å². The molecule has 392 valence electrons. The number of amides is 2. The average Bonchev–Trinajstić information content (AvgIpc) is 3.46. The smallest absolute Gasteiger partial charge is 0.347 e. The molecule has 1 aromatic heterocycles. The summed E-state index contributed by atoms with van der Waals surface area (Å²) in [5.74, 6) is -0.130. The van der Waals surface area contributed by atoms with Gasteiger partial charge in [0, 0.05) is 72.8 Å². The number of nitrogens with one attached hydrogen (secondary N) is 2. The maximum absolute atomic E-state index is 14.0. The maximum Gasteiger partial charge on any atom is 0.347 e. The Balaban J connectivity index is 0.657. The van der Waals surface area contributed by atoms with Gasteiger partial charge in [-0.1, -0.05) is 103 Å². The zero-order valence-corrected chi connectivity index (χ0v) is 42.6. The molecule has 14 heteroatoms. The van der Waals surface area contributed by atoms with E-state index in [1.54, 1.807) is 60.7 Å². The largest absolute Gasteiger partial charge is 0.506 e. The van der Waals surface area contributed by atoms with Crippen LogP contribution in [-0.2, 0) is 34.7 Å². The Morgan fingerprint density at radius 1 is 0.711 bits per heavy atom. The van der Waals surface area contributed by atoms with Crippen LogP contribution in [0.3, 0.4) is 0 Å². The van der Waals surface area contributed by atoms with Crippen molar-refractivity contribution in [2.24, 2.45) is 11.3 Å². The fraction of sp³-hybridized carbons (Fsp3) is 0.323. The van der Waals surface area contributed by atoms with Gasteiger partial charge in [0.25, 0.3) is 11.8 Å². The Labute approximate surface area is 442 Å². The number of carbonyl (C=O) groups excluding carboxylic acids is 3. The summed E-state index contributed by atoms with van der Waals surface area (Å²) in [6, 6.07) is 47.4. The Morgan fingerprint density at radius 3 is 2.05 bits per heavy atom. The number of carbonyl (C=O) groups is 3. The van der Waals surface area contributed by atoms with E-state index in [0.29, 0.717) is 83.6 Å². The van der Waals surface area contributed by atoms with E-state index in [4.69, 9.17) is 9.47 Å². The first-order chi connectivity index (χ1) is 36.9. The van der Waals surface area contributed by atoms with E-state index in [-0.39, 0.29) is 54.2 Å². The van der Waals surface area contributed by atoms with Crippen molar-refractivity contribution in [3.05, 3.63) is 213 Å². The number of aromatic nitrogens is 1. The average molecular weight is 1020 g/mol. The van der Waals surface area contributed by atoms with Crippen LogP contribution >= 0.6 is 0 Å². The van der Waals surface area contributed by atoms with Crippen molar-refractivity contribution in [2.75, 3.05) is 59.0 Å². The molecular weight excluding hydrogens is 959 g/mol. The first-order valence-electron chi connectivity index (χ1n) is 26.4. The minimum atomic E-state index is -2.05. The maximum atomic E-state index is 14.0. The van der Waals surface area contributed by atoms with E-state index in [0.717, 1.165) is 56.4 Å². The van der Waals surface area contributed by atoms with Crippen molar-refractivity contribution in [3.8, 4) is 11.5 Å². The molecule has 2 atom stereocenters. The number of hydrogen-bond acceptors (Lipinski definition) is 11. The monoisotopic (exact) mass is 1020 g/mol. The van der Waals surface area contributed by atoms with Crippen LogP contribution in [0.15, 0.2) is 163 Å². The Bertz CT molecular complexity index is 3180. The lowest BCUT2D eigenvalue weighted by Crippen LogP contribution is -2.62. The van der Waals surface area contributed by atoms with Gasteiger partial charge in [0.15, 0.2) is 0 Å². The van der Waals surface area contributed by atoms with E-state index in [1.807, 2.05) is 70.5 Å². The molecule has 1 spiro atoms. The molecule has 3 fully saturated rings. The predicted octanol–water partition coefficient (Wildman–Crippen LogP) is 7.75. The number of likely N-dealkylation sites (tertiary alicyclic amines) is 3. The van der Waals surface area contributed by atoms with Crippen molar-refractivity contribution in [1.82, 2.24) is 25.0 Å². The van der Waals surface area contributed by atoms with Crippen molar-refractivity contribution in [2.45, 2.75) is 57.0 Å². The normalized spacial score (nSPS) is 16.9. The number of aliphatic hydroxyl groups is 2. The van der Waals surface area contributed by atoms with Crippen molar-refractivity contribution < 1.29 is 39.2 Å². The summed E-state index contributed by atoms with van der Waals surface area (Å²) in [5.41, 5.74) is 3.70. The topological polar surface area (TPSA) is 185 Å². The summed E-state index contributed by atoms with van der Waals surface area (Å²) in [6.07, 6.45) is 3.30. The summed E-state index contributed by atoms with van der Waals surface area (Å²) in [6.45, 7) is 6.61. The van der Waals surface area contributed by atoms with Crippen LogP contribution in [0, 0.1) is 11.3 Å². The molecule has 0 radical (unpaired) electrons. The second-order valence-electron chi connectivity index (χ2n) is 20.8. The zero-order valence-electron chi connectivity index (χ0n) is 42.6. The molecule has 14 nitrogen and oxygen atoms in total. The van der Waals surface area contributed by atoms with E-state index < -0.39 is 17.7 Å². The second kappa shape index (κ2) is 23.1. The third kappa shape index (κ3) is 11.8. The third-order valence-corrected chi connectivity index (χ3v) is 15.6. The van der Waals surface area contributed by atoms with Crippen molar-refractivity contribution in [3.63, 3.8) is 0 Å². The molecule has 6 aromatic carbocycles. The number of aliphatic hydroxyl groups excluding tert-OH is 1. The fourth-order valence-corrected chi connectivity index (χ4v) is 11.0. The minimum absolute atomic E-state index is 0.00171. The van der Waals surface area contributed by atoms with Crippen LogP contribution in [0.2, 0.25) is 0 Å². The highest BCUT2D eigenvalue weighted by atomic mass is 16.5. The Morgan fingerprint density at radius 2 is 1.36 bits per heavy atom. The van der Waals surface area contributed by atoms with Gasteiger partial charge in [-0.15, -0.1) is 0 Å². The molecule has 0 saturated carbocycles. The zero-order chi connectivity index (χ0) is 52.7. The fourth-order valence-electron chi connectivity index (χ4n) is 11.0. The van der Waals surface area contributed by atoms with Gasteiger partial charge in [-0.25, -0.2) is 4.79 Å². The third-order valence-electron chi connectivity index (χ3n) is 15.6. The molecule has 5 N–H and O–H groups in total. The second-order valence-corrected chi connectivity index (χ2v) is 20.8. The number of ether oxygens (including phenoxy) is 2. The number of piperidine rings is 2. The van der Waals surface area contributed by atoms with E-state index >= 15 is 0 Å². The molecule has 0 aliphatic carbocycles. The number of hydrogen-bond donors (Lipinski definition) is 5. The quantitative estimate of drug-likeness (QED) is 0.0419. The van der Waals surface area contributed by atoms with Gasteiger partial charge in [-0.2, -0.15) is 0 Å². The number of pyridine rings is 1. The van der Waals surface area contributed by atoms with Gasteiger partial charge in [0.1, 0.15) is 18.1 Å². The first-order valence-corrected chi connectivity index (χ1v) is 26.4. The molecule has 3 aliphatic rings. The van der Waals surface area contributed by atoms with Gasteiger partial charge in [-0.05, 0) is 134 Å². The number of phenolic OH excluding ortho intramolecular Hbond substituents is 1. The number of fused-ring (bicyclic) bond motifs is 1. The van der Waals surface area contributed by atoms with Crippen LogP contribution < -0.4 is 15.6 Å². The molecule has 4 heterocycles. The highest BCUT2D eigenvalue weighted by molar-refractivity contribution is 5.95. The lowest BCUT2D eigenvalue weighted by molar-refractivity contribution is -0.164. The number of nitrogens with zero attached hydrogens (tertiary/aromatic N) is 3. The van der Waals surface area contributed by atoms with Gasteiger partial charge >= 0.3 is 5.97 Å². The lowest BCUT2D eigenvalue weighted by atomic mass is 9.71. The standard InChI is InChI=1S/C62H65N5O9/c68-54-24-22-52(53-23-25-56(70)64-57(53)54)55(69)37-63-31-26-43-14-18-48(19-15-43)59(72)67-41-61(42-67)29-34-66(35-30-61)58(71)47-20-16-45(17-21-47)39-75-51-13-7-12-50(36-51)62(74,49-10-5-2-6-11-49)60(73)76-40-46-27-32-65(33-28-46)38-44-8-3-1-4-9-44/h1-25,36,46,55,63,68-69,74H,26-35,37-42H2,(H,64,70)/t55-,62?/m0/s1. The summed E-state index contributed by atoms with van der Waals surface area (Å²) in [7, 11) is 0. The molecule has 3 aliphatic heterocycles. The number of rotatable bonds is 18. The highest BCUT2D eigenvalue weighted by Crippen LogP contribution is 2.42. The Hall–Kier alpha value is -7.62. The van der Waals surface area contributed by atoms with E-state index in [1.165, 1.54) is 17.7 Å². The van der Waals surface area contributed by atoms with Crippen LogP contribution in [0.4, 0.5) is 0 Å². The first kappa shape index (κ1) is 51.8. The minimum Gasteiger partial charge on any atom is -0.506 e. The number of H-pyrrole nitrogens is 1. The summed E-state index contributed by atoms with van der Waals surface area (Å²) >= 11 is 0. The molecule has 3 saturated heterocycles. The van der Waals surface area contributed by atoms with Gasteiger partial charge in [0.05, 0.1) is 18.2 Å². The van der Waals surface area contributed by atoms with Crippen LogP contribution in [-0.4, -0.2) is 112 Å². The van der Waals surface area contributed by atoms with Gasteiger partial charge in [0.2, 0.25) is 11.2 Å². The van der Waals surface area contributed by atoms with Crippen LogP contribution in [0.5, 0.6) is 11.5 Å². The summed E-state index contributed by atoms with van der Waals surface area (Å²) in [5, 5.41) is 37.2. The predicted molar refractivity (Wildman–Crippen MR) is 290 cm³/mol. The van der Waals surface area contributed by atoms with Gasteiger partial charge < -0.3 is 44.9 Å². The molecule has 0 bridgehead atoms. The summed E-state index contributed by atoms with van der Waals surface area (Å²) < 4.78 is 12.1. The molecule has 2 amide bonds. The number of esters is 1. The number of phenols is 1. The SMILES string of the molecule is O=C(c1ccc(COc2cccc(C(O)(C(=O)OCC3CCN(Cc4ccccc4)CC3)c3ccccc3)c2)cc1)N1CCC2(CC1)CN(C(=O)c1ccc(CCNC[C@H](O)c3ccc(O)c4[nH]c(=O)ccc34)cc1)C2. The molecule has 1 unspecified atom stereocenters. The van der Waals surface area contributed by atoms with Gasteiger partial charge in [-0.3, -0.25) is 19.3 Å². The molecular formula is C62H65N5O9. The molecule has 7 aromatic rings. The Kier molecular flexibility index (Phi) is 15.8. The van der Waals surface area contributed by atoms with Crippen LogP contribution in [0.1, 0.15) is 85.9 Å². The lowest BCUT2D eigenvalue weighted by Gasteiger charge is -2.54. The number of aromatic hydroxyl groups is 1. The molecule has 76 heavy (non-hydrogen) atoms.